The Bertz CT molecular complexity index is 263. The summed E-state index contributed by atoms with van der Waals surface area (Å²) in [6.07, 6.45) is 0.381. The van der Waals surface area contributed by atoms with Crippen LogP contribution in [0.25, 0.3) is 0 Å². The molecule has 0 bridgehead atoms. The number of likely N-dealkylation sites (N-methyl/N-ethyl adjacent to an activating group) is 1. The van der Waals surface area contributed by atoms with Crippen molar-refractivity contribution >= 4 is 12.0 Å². The van der Waals surface area contributed by atoms with Gasteiger partial charge >= 0.3 is 12.0 Å². The van der Waals surface area contributed by atoms with E-state index in [1.807, 2.05) is 0 Å². The second kappa shape index (κ2) is 6.06. The number of carbonyl (C=O) groups is 2. The fourth-order valence-electron chi connectivity index (χ4n) is 1.11. The maximum absolute atomic E-state index is 11.5. The Labute approximate surface area is 89.8 Å². The highest BCUT2D eigenvalue weighted by Crippen LogP contribution is 2.02. The van der Waals surface area contributed by atoms with Crippen molar-refractivity contribution in [3.05, 3.63) is 12.2 Å². The topological polar surface area (TPSA) is 69.6 Å². The number of hydrogen-bond acceptors (Lipinski definition) is 2. The molecule has 0 heterocycles. The van der Waals surface area contributed by atoms with E-state index in [9.17, 15) is 9.59 Å². The number of carboxylic acid groups (broad SMARTS) is 1. The number of hydrogen-bond donors (Lipinski definition) is 2. The molecule has 0 aliphatic carbocycles. The molecular formula is C10H18N2O3. The third-order valence-corrected chi connectivity index (χ3v) is 2.00. The van der Waals surface area contributed by atoms with E-state index >= 15 is 0 Å². The number of nitrogens with one attached hydrogen (secondary N) is 1. The monoisotopic (exact) mass is 214 g/mol. The van der Waals surface area contributed by atoms with Crippen molar-refractivity contribution in [1.82, 2.24) is 10.2 Å². The summed E-state index contributed by atoms with van der Waals surface area (Å²) >= 11 is 0. The van der Waals surface area contributed by atoms with Crippen molar-refractivity contribution in [3.8, 4) is 0 Å². The Morgan fingerprint density at radius 3 is 2.40 bits per heavy atom. The highest BCUT2D eigenvalue weighted by atomic mass is 16.4. The molecule has 0 radical (unpaired) electrons. The smallest absolute Gasteiger partial charge is 0.326 e. The van der Waals surface area contributed by atoms with Crippen molar-refractivity contribution in [2.45, 2.75) is 26.3 Å². The highest BCUT2D eigenvalue weighted by Gasteiger charge is 2.24. The predicted molar refractivity (Wildman–Crippen MR) is 57.7 cm³/mol. The summed E-state index contributed by atoms with van der Waals surface area (Å²) < 4.78 is 0. The van der Waals surface area contributed by atoms with Crippen LogP contribution in [0.3, 0.4) is 0 Å². The SMILES string of the molecule is C=C(C)CNC(=O)N(C)C(CC)C(=O)O. The van der Waals surface area contributed by atoms with Crippen molar-refractivity contribution < 1.29 is 14.7 Å². The normalized spacial score (nSPS) is 11.7. The van der Waals surface area contributed by atoms with E-state index < -0.39 is 18.0 Å². The quantitative estimate of drug-likeness (QED) is 0.672. The molecule has 0 aromatic carbocycles. The van der Waals surface area contributed by atoms with Gasteiger partial charge in [-0.05, 0) is 13.3 Å². The Hall–Kier alpha value is -1.52. The molecule has 0 spiro atoms. The van der Waals surface area contributed by atoms with Crippen molar-refractivity contribution in [3.63, 3.8) is 0 Å². The summed E-state index contributed by atoms with van der Waals surface area (Å²) in [5.74, 6) is -0.995. The standard InChI is InChI=1S/C10H18N2O3/c1-5-8(9(13)14)12(4)10(15)11-6-7(2)3/h8H,2,5-6H2,1,3-4H3,(H,11,15)(H,13,14). The van der Waals surface area contributed by atoms with Gasteiger partial charge in [0.25, 0.3) is 0 Å². The van der Waals surface area contributed by atoms with E-state index in [0.29, 0.717) is 13.0 Å². The molecule has 15 heavy (non-hydrogen) atoms. The molecule has 86 valence electrons. The zero-order valence-electron chi connectivity index (χ0n) is 9.41. The maximum Gasteiger partial charge on any atom is 0.326 e. The third kappa shape index (κ3) is 4.49. The molecular weight excluding hydrogens is 196 g/mol. The number of urea groups is 1. The van der Waals surface area contributed by atoms with Crippen LogP contribution in [0, 0.1) is 0 Å². The second-order valence-corrected chi connectivity index (χ2v) is 3.49. The number of aliphatic carboxylic acids is 1. The van der Waals surface area contributed by atoms with Crippen LogP contribution in [-0.4, -0.2) is 41.6 Å². The molecule has 0 saturated carbocycles. The van der Waals surface area contributed by atoms with Crippen molar-refractivity contribution in [2.75, 3.05) is 13.6 Å². The lowest BCUT2D eigenvalue weighted by molar-refractivity contribution is -0.141. The van der Waals surface area contributed by atoms with E-state index in [-0.39, 0.29) is 0 Å². The van der Waals surface area contributed by atoms with Gasteiger partial charge in [0.2, 0.25) is 0 Å². The molecule has 0 aromatic rings. The molecule has 1 atom stereocenters. The van der Waals surface area contributed by atoms with Gasteiger partial charge in [0.05, 0.1) is 0 Å². The summed E-state index contributed by atoms with van der Waals surface area (Å²) in [6.45, 7) is 7.51. The van der Waals surface area contributed by atoms with Crippen LogP contribution in [0.4, 0.5) is 4.79 Å². The van der Waals surface area contributed by atoms with Gasteiger partial charge in [0.1, 0.15) is 6.04 Å². The molecule has 2 N–H and O–H groups in total. The van der Waals surface area contributed by atoms with Crippen LogP contribution in [0.2, 0.25) is 0 Å². The molecule has 1 unspecified atom stereocenters. The summed E-state index contributed by atoms with van der Waals surface area (Å²) in [6, 6.07) is -1.18. The third-order valence-electron chi connectivity index (χ3n) is 2.00. The van der Waals surface area contributed by atoms with E-state index in [1.165, 1.54) is 11.9 Å². The first kappa shape index (κ1) is 13.5. The fourth-order valence-corrected chi connectivity index (χ4v) is 1.11. The Morgan fingerprint density at radius 1 is 1.53 bits per heavy atom. The van der Waals surface area contributed by atoms with E-state index in [1.54, 1.807) is 13.8 Å². The fraction of sp³-hybridized carbons (Fsp3) is 0.600. The van der Waals surface area contributed by atoms with Gasteiger partial charge in [-0.1, -0.05) is 19.1 Å². The first-order valence-electron chi connectivity index (χ1n) is 4.78. The minimum absolute atomic E-state index is 0.360. The molecule has 0 rings (SSSR count). The van der Waals surface area contributed by atoms with Crippen LogP contribution in [0.1, 0.15) is 20.3 Å². The Balaban J connectivity index is 4.28. The van der Waals surface area contributed by atoms with Gasteiger partial charge in [-0.15, -0.1) is 0 Å². The molecule has 0 aromatic heterocycles. The molecule has 0 fully saturated rings. The Morgan fingerprint density at radius 2 is 2.07 bits per heavy atom. The lowest BCUT2D eigenvalue weighted by Crippen LogP contribution is -2.47. The van der Waals surface area contributed by atoms with Crippen LogP contribution >= 0.6 is 0 Å². The van der Waals surface area contributed by atoms with Crippen LogP contribution < -0.4 is 5.32 Å². The van der Waals surface area contributed by atoms with E-state index in [2.05, 4.69) is 11.9 Å². The molecule has 2 amide bonds. The van der Waals surface area contributed by atoms with Crippen LogP contribution in [0.15, 0.2) is 12.2 Å². The number of carbonyl (C=O) groups excluding carboxylic acids is 1. The number of rotatable bonds is 5. The van der Waals surface area contributed by atoms with E-state index in [4.69, 9.17) is 5.11 Å². The summed E-state index contributed by atoms with van der Waals surface area (Å²) in [7, 11) is 1.47. The van der Waals surface area contributed by atoms with Gasteiger partial charge in [-0.3, -0.25) is 0 Å². The Kier molecular flexibility index (Phi) is 5.44. The summed E-state index contributed by atoms with van der Waals surface area (Å²) in [4.78, 5) is 23.4. The minimum Gasteiger partial charge on any atom is -0.480 e. The average Bonchev–Trinajstić information content (AvgIpc) is 2.14. The first-order valence-corrected chi connectivity index (χ1v) is 4.78. The lowest BCUT2D eigenvalue weighted by Gasteiger charge is -2.23. The molecule has 5 heteroatoms. The zero-order valence-corrected chi connectivity index (χ0v) is 9.41. The van der Waals surface area contributed by atoms with E-state index in [0.717, 1.165) is 5.57 Å². The molecule has 0 aliphatic rings. The summed E-state index contributed by atoms with van der Waals surface area (Å²) in [5.41, 5.74) is 0.820. The van der Waals surface area contributed by atoms with Crippen molar-refractivity contribution in [2.24, 2.45) is 0 Å². The van der Waals surface area contributed by atoms with Gasteiger partial charge in [0, 0.05) is 13.6 Å². The van der Waals surface area contributed by atoms with Gasteiger partial charge in [-0.2, -0.15) is 0 Å². The minimum atomic E-state index is -0.995. The second-order valence-electron chi connectivity index (χ2n) is 3.49. The van der Waals surface area contributed by atoms with Crippen LogP contribution in [0.5, 0.6) is 0 Å². The number of amides is 2. The highest BCUT2D eigenvalue weighted by molar-refractivity contribution is 5.82. The molecule has 5 nitrogen and oxygen atoms in total. The number of nitrogens with zero attached hydrogens (tertiary/aromatic N) is 1. The zero-order chi connectivity index (χ0) is 12.0. The van der Waals surface area contributed by atoms with Gasteiger partial charge < -0.3 is 15.3 Å². The van der Waals surface area contributed by atoms with Crippen LogP contribution in [-0.2, 0) is 4.79 Å². The molecule has 0 saturated heterocycles. The lowest BCUT2D eigenvalue weighted by atomic mass is 10.2. The predicted octanol–water partition coefficient (Wildman–Crippen LogP) is 1.07. The largest absolute Gasteiger partial charge is 0.480 e. The van der Waals surface area contributed by atoms with Crippen molar-refractivity contribution in [1.29, 1.82) is 0 Å². The summed E-state index contributed by atoms with van der Waals surface area (Å²) in [5, 5.41) is 11.4. The van der Waals surface area contributed by atoms with Gasteiger partial charge in [-0.25, -0.2) is 9.59 Å². The first-order chi connectivity index (χ1) is 6.90. The van der Waals surface area contributed by atoms with Gasteiger partial charge in [0.15, 0.2) is 0 Å². The average molecular weight is 214 g/mol. The maximum atomic E-state index is 11.5. The number of carboxylic acids is 1. The molecule has 0 aliphatic heterocycles.